The molecule has 222 valence electrons. The van der Waals surface area contributed by atoms with E-state index in [-0.39, 0.29) is 23.2 Å². The molecule has 0 spiro atoms. The number of anilines is 2. The third kappa shape index (κ3) is 6.39. The lowest BCUT2D eigenvalue weighted by Crippen LogP contribution is -2.38. The number of fused-ring (bicyclic) bond motifs is 2. The van der Waals surface area contributed by atoms with Crippen LogP contribution in [0, 0.1) is 5.41 Å². The summed E-state index contributed by atoms with van der Waals surface area (Å²) in [5.74, 6) is -0.689. The Hall–Kier alpha value is -4.70. The number of nitrogens with one attached hydrogen (secondary N) is 1. The van der Waals surface area contributed by atoms with E-state index in [4.69, 9.17) is 15.9 Å². The molecule has 0 unspecified atom stereocenters. The number of sulfonamides is 1. The van der Waals surface area contributed by atoms with Gasteiger partial charge in [0.2, 0.25) is 5.91 Å². The maximum absolute atomic E-state index is 14.1. The topological polar surface area (TPSA) is 134 Å². The summed E-state index contributed by atoms with van der Waals surface area (Å²) in [6.07, 6.45) is 2.23. The fourth-order valence-electron chi connectivity index (χ4n) is 5.41. The minimum absolute atomic E-state index is 0.00217. The van der Waals surface area contributed by atoms with Gasteiger partial charge in [-0.3, -0.25) is 19.3 Å². The number of esters is 1. The second-order valence-corrected chi connectivity index (χ2v) is 12.2. The molecule has 1 amide bonds. The number of amides is 1. The van der Waals surface area contributed by atoms with Gasteiger partial charge in [-0.2, -0.15) is 0 Å². The molecule has 5 rings (SSSR count). The standard InChI is InChI=1S/C33H34N4O5S/c1-2-42-32(39)22-37(43(40,41)30-11-5-8-24-7-3-4-10-28(24)30)27-17-18-29-26(21-27)9-6-20-36(29)31(38)19-14-23-12-15-25(16-13-23)33(34)35/h3-5,7-8,10-13,15-18,21H,2,6,9,14,19-20,22H2,1H3,(H3,34,35). The van der Waals surface area contributed by atoms with Gasteiger partial charge in [-0.1, -0.05) is 60.7 Å². The number of nitrogen functional groups attached to an aromatic ring is 1. The van der Waals surface area contributed by atoms with E-state index < -0.39 is 22.5 Å². The lowest BCUT2D eigenvalue weighted by atomic mass is 9.99. The van der Waals surface area contributed by atoms with Crippen LogP contribution in [-0.2, 0) is 37.2 Å². The molecule has 0 saturated carbocycles. The zero-order valence-corrected chi connectivity index (χ0v) is 24.8. The van der Waals surface area contributed by atoms with Gasteiger partial charge in [0.05, 0.1) is 17.2 Å². The maximum Gasteiger partial charge on any atom is 0.326 e. The van der Waals surface area contributed by atoms with E-state index in [0.717, 1.165) is 32.9 Å². The van der Waals surface area contributed by atoms with Gasteiger partial charge in [0.15, 0.2) is 0 Å². The fourth-order valence-corrected chi connectivity index (χ4v) is 7.03. The highest BCUT2D eigenvalue weighted by Crippen LogP contribution is 2.35. The number of amidine groups is 1. The van der Waals surface area contributed by atoms with E-state index in [1.54, 1.807) is 66.4 Å². The van der Waals surface area contributed by atoms with Crippen LogP contribution in [0.3, 0.4) is 0 Å². The molecule has 10 heteroatoms. The molecule has 0 radical (unpaired) electrons. The number of carbonyl (C=O) groups is 2. The molecular weight excluding hydrogens is 564 g/mol. The number of ether oxygens (including phenoxy) is 1. The number of aryl methyl sites for hydroxylation is 2. The Morgan fingerprint density at radius 2 is 1.74 bits per heavy atom. The van der Waals surface area contributed by atoms with Gasteiger partial charge in [0.1, 0.15) is 12.4 Å². The first-order valence-electron chi connectivity index (χ1n) is 14.2. The smallest absolute Gasteiger partial charge is 0.326 e. The van der Waals surface area contributed by atoms with Crippen LogP contribution in [0.5, 0.6) is 0 Å². The molecule has 0 aromatic heterocycles. The van der Waals surface area contributed by atoms with E-state index in [1.807, 2.05) is 30.3 Å². The van der Waals surface area contributed by atoms with Gasteiger partial charge in [0.25, 0.3) is 10.0 Å². The molecule has 4 aromatic carbocycles. The van der Waals surface area contributed by atoms with Crippen LogP contribution < -0.4 is 14.9 Å². The molecule has 1 aliphatic rings. The molecule has 0 atom stereocenters. The van der Waals surface area contributed by atoms with Gasteiger partial charge in [0, 0.05) is 29.6 Å². The molecule has 43 heavy (non-hydrogen) atoms. The second kappa shape index (κ2) is 12.7. The Morgan fingerprint density at radius 1 is 1.00 bits per heavy atom. The molecule has 9 nitrogen and oxygen atoms in total. The van der Waals surface area contributed by atoms with Crippen molar-refractivity contribution in [1.29, 1.82) is 5.41 Å². The van der Waals surface area contributed by atoms with Crippen LogP contribution in [0.2, 0.25) is 0 Å². The molecule has 4 aromatic rings. The largest absolute Gasteiger partial charge is 0.465 e. The average Bonchev–Trinajstić information content (AvgIpc) is 3.01. The van der Waals surface area contributed by atoms with Crippen molar-refractivity contribution in [3.8, 4) is 0 Å². The number of rotatable bonds is 10. The predicted octanol–water partition coefficient (Wildman–Crippen LogP) is 4.79. The highest BCUT2D eigenvalue weighted by atomic mass is 32.2. The quantitative estimate of drug-likeness (QED) is 0.153. The van der Waals surface area contributed by atoms with E-state index in [0.29, 0.717) is 42.4 Å². The van der Waals surface area contributed by atoms with Crippen LogP contribution in [0.1, 0.15) is 36.5 Å². The van der Waals surface area contributed by atoms with Crippen molar-refractivity contribution in [3.05, 3.63) is 102 Å². The summed E-state index contributed by atoms with van der Waals surface area (Å²) in [5.41, 5.74) is 9.05. The van der Waals surface area contributed by atoms with Crippen molar-refractivity contribution in [2.75, 3.05) is 28.9 Å². The van der Waals surface area contributed by atoms with Crippen molar-refractivity contribution in [2.45, 2.75) is 37.5 Å². The highest BCUT2D eigenvalue weighted by molar-refractivity contribution is 7.93. The first-order chi connectivity index (χ1) is 20.7. The van der Waals surface area contributed by atoms with Crippen LogP contribution >= 0.6 is 0 Å². The van der Waals surface area contributed by atoms with Crippen LogP contribution in [-0.4, -0.2) is 45.8 Å². The van der Waals surface area contributed by atoms with Crippen molar-refractivity contribution < 1.29 is 22.7 Å². The summed E-state index contributed by atoms with van der Waals surface area (Å²) in [6, 6.07) is 24.7. The van der Waals surface area contributed by atoms with Crippen molar-refractivity contribution in [3.63, 3.8) is 0 Å². The summed E-state index contributed by atoms with van der Waals surface area (Å²) in [6.45, 7) is 1.88. The lowest BCUT2D eigenvalue weighted by Gasteiger charge is -2.31. The normalized spacial score (nSPS) is 12.9. The van der Waals surface area contributed by atoms with Crippen molar-refractivity contribution >= 4 is 49.9 Å². The van der Waals surface area contributed by atoms with Gasteiger partial charge >= 0.3 is 5.97 Å². The molecule has 1 aliphatic heterocycles. The van der Waals surface area contributed by atoms with Crippen molar-refractivity contribution in [2.24, 2.45) is 5.73 Å². The van der Waals surface area contributed by atoms with Gasteiger partial charge in [-0.05, 0) is 67.0 Å². The Labute approximate surface area is 251 Å². The molecule has 0 aliphatic carbocycles. The number of benzene rings is 4. The highest BCUT2D eigenvalue weighted by Gasteiger charge is 2.31. The van der Waals surface area contributed by atoms with Gasteiger partial charge < -0.3 is 15.4 Å². The summed E-state index contributed by atoms with van der Waals surface area (Å²) in [4.78, 5) is 27.8. The van der Waals surface area contributed by atoms with Crippen molar-refractivity contribution in [1.82, 2.24) is 0 Å². The fraction of sp³-hybridized carbons (Fsp3) is 0.242. The van der Waals surface area contributed by atoms with Crippen LogP contribution in [0.15, 0.2) is 89.8 Å². The average molecular weight is 599 g/mol. The predicted molar refractivity (Wildman–Crippen MR) is 168 cm³/mol. The minimum Gasteiger partial charge on any atom is -0.465 e. The number of hydrogen-bond donors (Lipinski definition) is 2. The Kier molecular flexibility index (Phi) is 8.77. The third-order valence-electron chi connectivity index (χ3n) is 7.56. The van der Waals surface area contributed by atoms with E-state index in [9.17, 15) is 18.0 Å². The number of hydrogen-bond acceptors (Lipinski definition) is 6. The minimum atomic E-state index is -4.17. The van der Waals surface area contributed by atoms with E-state index in [2.05, 4.69) is 0 Å². The monoisotopic (exact) mass is 598 g/mol. The summed E-state index contributed by atoms with van der Waals surface area (Å²) >= 11 is 0. The molecule has 0 saturated heterocycles. The molecule has 0 bridgehead atoms. The van der Waals surface area contributed by atoms with Gasteiger partial charge in [-0.25, -0.2) is 8.42 Å². The number of nitrogens with zero attached hydrogens (tertiary/aromatic N) is 2. The van der Waals surface area contributed by atoms with Gasteiger partial charge in [-0.15, -0.1) is 0 Å². The molecule has 3 N–H and O–H groups in total. The summed E-state index contributed by atoms with van der Waals surface area (Å²) in [7, 11) is -4.17. The summed E-state index contributed by atoms with van der Waals surface area (Å²) < 4.78 is 34.5. The third-order valence-corrected chi connectivity index (χ3v) is 9.39. The summed E-state index contributed by atoms with van der Waals surface area (Å²) in [5, 5.41) is 8.87. The number of carbonyl (C=O) groups excluding carboxylic acids is 2. The zero-order chi connectivity index (χ0) is 30.6. The lowest BCUT2D eigenvalue weighted by molar-refractivity contribution is -0.141. The Morgan fingerprint density at radius 3 is 2.49 bits per heavy atom. The maximum atomic E-state index is 14.1. The second-order valence-electron chi connectivity index (χ2n) is 10.4. The van der Waals surface area contributed by atoms with Crippen LogP contribution in [0.25, 0.3) is 10.8 Å². The molecular formula is C33H34N4O5S. The Balaban J connectivity index is 1.43. The van der Waals surface area contributed by atoms with Crippen LogP contribution in [0.4, 0.5) is 11.4 Å². The molecule has 1 heterocycles. The molecule has 0 fully saturated rings. The van der Waals surface area contributed by atoms with E-state index in [1.165, 1.54) is 0 Å². The Bertz CT molecular complexity index is 1780. The SMILES string of the molecule is CCOC(=O)CN(c1ccc2c(c1)CCCN2C(=O)CCc1ccc(C(=N)N)cc1)S(=O)(=O)c1cccc2ccccc12. The first kappa shape index (κ1) is 29.8. The zero-order valence-electron chi connectivity index (χ0n) is 24.0. The van der Waals surface area contributed by atoms with E-state index >= 15 is 0 Å². The number of nitrogens with two attached hydrogens (primary N) is 1. The first-order valence-corrected chi connectivity index (χ1v) is 15.7.